The van der Waals surface area contributed by atoms with Gasteiger partial charge in [0.05, 0.1) is 11.4 Å². The fourth-order valence-electron chi connectivity index (χ4n) is 7.82. The summed E-state index contributed by atoms with van der Waals surface area (Å²) in [5.41, 5.74) is 10.7. The molecule has 0 aliphatic carbocycles. The predicted molar refractivity (Wildman–Crippen MR) is 225 cm³/mol. The summed E-state index contributed by atoms with van der Waals surface area (Å²) in [4.78, 5) is 2.44. The Bertz CT molecular complexity index is 2910. The highest BCUT2D eigenvalue weighted by molar-refractivity contribution is 7.26. The summed E-state index contributed by atoms with van der Waals surface area (Å²) in [7, 11) is 0. The highest BCUT2D eigenvalue weighted by atomic mass is 32.1. The summed E-state index contributed by atoms with van der Waals surface area (Å²) in [5.74, 6) is 0. The molecule has 0 saturated heterocycles. The summed E-state index contributed by atoms with van der Waals surface area (Å²) in [6.45, 7) is 0. The van der Waals surface area contributed by atoms with Crippen LogP contribution in [0.15, 0.2) is 200 Å². The lowest BCUT2D eigenvalue weighted by atomic mass is 9.94. The molecule has 2 heteroatoms. The average molecular weight is 680 g/mol. The third-order valence-corrected chi connectivity index (χ3v) is 11.5. The van der Waals surface area contributed by atoms with E-state index in [9.17, 15) is 0 Å². The topological polar surface area (TPSA) is 3.24 Å². The van der Waals surface area contributed by atoms with Crippen molar-refractivity contribution in [1.29, 1.82) is 0 Å². The maximum absolute atomic E-state index is 2.44. The molecular weight excluding hydrogens is 647 g/mol. The zero-order valence-electron chi connectivity index (χ0n) is 28.4. The fourth-order valence-corrected chi connectivity index (χ4v) is 9.06. The number of hydrogen-bond acceptors (Lipinski definition) is 2. The molecule has 1 heterocycles. The summed E-state index contributed by atoms with van der Waals surface area (Å²) >= 11 is 1.88. The Morgan fingerprint density at radius 3 is 1.71 bits per heavy atom. The highest BCUT2D eigenvalue weighted by Crippen LogP contribution is 2.45. The van der Waals surface area contributed by atoms with E-state index in [4.69, 9.17) is 0 Å². The molecular formula is C50H33NS. The predicted octanol–water partition coefficient (Wildman–Crippen LogP) is 14.8. The maximum Gasteiger partial charge on any atom is 0.0540 e. The quantitative estimate of drug-likeness (QED) is 0.169. The number of para-hydroxylation sites is 1. The molecule has 9 aromatic carbocycles. The Hall–Kier alpha value is -6.48. The van der Waals surface area contributed by atoms with E-state index in [2.05, 4.69) is 205 Å². The molecule has 0 saturated carbocycles. The molecule has 244 valence electrons. The van der Waals surface area contributed by atoms with Gasteiger partial charge in [0.25, 0.3) is 0 Å². The number of hydrogen-bond donors (Lipinski definition) is 0. The molecule has 0 unspecified atom stereocenters. The Morgan fingerprint density at radius 1 is 0.327 bits per heavy atom. The van der Waals surface area contributed by atoms with Crippen molar-refractivity contribution in [1.82, 2.24) is 0 Å². The second kappa shape index (κ2) is 12.7. The molecule has 0 fully saturated rings. The van der Waals surface area contributed by atoms with Crippen LogP contribution in [0, 0.1) is 0 Å². The first-order valence-corrected chi connectivity index (χ1v) is 18.6. The minimum absolute atomic E-state index is 1.11. The zero-order chi connectivity index (χ0) is 34.4. The normalized spacial score (nSPS) is 11.5. The Kier molecular flexibility index (Phi) is 7.41. The Morgan fingerprint density at radius 2 is 0.865 bits per heavy atom. The molecule has 52 heavy (non-hydrogen) atoms. The lowest BCUT2D eigenvalue weighted by Crippen LogP contribution is -2.11. The van der Waals surface area contributed by atoms with Gasteiger partial charge in [-0.1, -0.05) is 164 Å². The third kappa shape index (κ3) is 5.16. The van der Waals surface area contributed by atoms with E-state index in [0.29, 0.717) is 0 Å². The maximum atomic E-state index is 2.44. The van der Waals surface area contributed by atoms with Gasteiger partial charge in [0, 0.05) is 36.8 Å². The molecule has 0 aliphatic heterocycles. The van der Waals surface area contributed by atoms with Crippen molar-refractivity contribution in [3.05, 3.63) is 200 Å². The number of thiophene rings is 1. The molecule has 10 aromatic rings. The van der Waals surface area contributed by atoms with Gasteiger partial charge in [-0.25, -0.2) is 0 Å². The number of benzene rings is 9. The van der Waals surface area contributed by atoms with Crippen LogP contribution in [0.3, 0.4) is 0 Å². The van der Waals surface area contributed by atoms with Crippen molar-refractivity contribution in [3.63, 3.8) is 0 Å². The molecule has 10 rings (SSSR count). The second-order valence-electron chi connectivity index (χ2n) is 13.3. The van der Waals surface area contributed by atoms with Crippen LogP contribution < -0.4 is 4.90 Å². The first-order valence-electron chi connectivity index (χ1n) is 17.8. The summed E-state index contributed by atoms with van der Waals surface area (Å²) < 4.78 is 2.66. The zero-order valence-corrected chi connectivity index (χ0v) is 29.2. The van der Waals surface area contributed by atoms with E-state index >= 15 is 0 Å². The van der Waals surface area contributed by atoms with Gasteiger partial charge in [0.2, 0.25) is 0 Å². The molecule has 1 nitrogen and oxygen atoms in total. The molecule has 0 atom stereocenters. The molecule has 1 aromatic heterocycles. The lowest BCUT2D eigenvalue weighted by molar-refractivity contribution is 1.30. The fraction of sp³-hybridized carbons (Fsp3) is 0. The summed E-state index contributed by atoms with van der Waals surface area (Å²) in [5, 5.41) is 7.58. The molecule has 0 spiro atoms. The SMILES string of the molecule is c1cc(-c2ccccc2N(c2ccc(-c3cccc4c3sc3ccccc34)cc2)c2cccc3ccccc23)cc(-c2cccc3ccccc23)c1. The van der Waals surface area contributed by atoms with Crippen LogP contribution in [-0.4, -0.2) is 0 Å². The van der Waals surface area contributed by atoms with Crippen molar-refractivity contribution in [2.24, 2.45) is 0 Å². The van der Waals surface area contributed by atoms with Gasteiger partial charge in [0.1, 0.15) is 0 Å². The molecule has 0 aliphatic rings. The van der Waals surface area contributed by atoms with Gasteiger partial charge in [-0.15, -0.1) is 11.3 Å². The minimum Gasteiger partial charge on any atom is -0.309 e. The van der Waals surface area contributed by atoms with Crippen LogP contribution in [-0.2, 0) is 0 Å². The van der Waals surface area contributed by atoms with Crippen LogP contribution >= 0.6 is 11.3 Å². The third-order valence-electron chi connectivity index (χ3n) is 10.3. The van der Waals surface area contributed by atoms with Gasteiger partial charge in [-0.05, 0) is 80.4 Å². The van der Waals surface area contributed by atoms with Gasteiger partial charge < -0.3 is 4.90 Å². The van der Waals surface area contributed by atoms with Crippen molar-refractivity contribution < 1.29 is 0 Å². The number of nitrogens with zero attached hydrogens (tertiary/aromatic N) is 1. The van der Waals surface area contributed by atoms with Crippen LogP contribution in [0.2, 0.25) is 0 Å². The van der Waals surface area contributed by atoms with E-state index in [0.717, 1.165) is 17.1 Å². The van der Waals surface area contributed by atoms with E-state index in [1.165, 1.54) is 75.1 Å². The first-order chi connectivity index (χ1) is 25.8. The smallest absolute Gasteiger partial charge is 0.0540 e. The van der Waals surface area contributed by atoms with Crippen LogP contribution in [0.25, 0.3) is 75.1 Å². The molecule has 0 N–H and O–H groups in total. The largest absolute Gasteiger partial charge is 0.309 e. The van der Waals surface area contributed by atoms with Gasteiger partial charge in [-0.3, -0.25) is 0 Å². The van der Waals surface area contributed by atoms with Crippen LogP contribution in [0.5, 0.6) is 0 Å². The van der Waals surface area contributed by atoms with Crippen molar-refractivity contribution >= 4 is 70.1 Å². The van der Waals surface area contributed by atoms with E-state index in [-0.39, 0.29) is 0 Å². The minimum atomic E-state index is 1.11. The first kappa shape index (κ1) is 30.4. The molecule has 0 amide bonds. The van der Waals surface area contributed by atoms with Crippen molar-refractivity contribution in [2.45, 2.75) is 0 Å². The van der Waals surface area contributed by atoms with Gasteiger partial charge >= 0.3 is 0 Å². The van der Waals surface area contributed by atoms with Gasteiger partial charge in [-0.2, -0.15) is 0 Å². The Balaban J connectivity index is 1.14. The monoisotopic (exact) mass is 679 g/mol. The molecule has 0 radical (unpaired) electrons. The summed E-state index contributed by atoms with van der Waals surface area (Å²) in [6.07, 6.45) is 0. The second-order valence-corrected chi connectivity index (χ2v) is 14.3. The summed E-state index contributed by atoms with van der Waals surface area (Å²) in [6, 6.07) is 72.9. The molecule has 0 bridgehead atoms. The van der Waals surface area contributed by atoms with Crippen LogP contribution in [0.1, 0.15) is 0 Å². The van der Waals surface area contributed by atoms with Gasteiger partial charge in [0.15, 0.2) is 0 Å². The number of anilines is 3. The van der Waals surface area contributed by atoms with Crippen molar-refractivity contribution in [2.75, 3.05) is 4.90 Å². The van der Waals surface area contributed by atoms with E-state index < -0.39 is 0 Å². The lowest BCUT2D eigenvalue weighted by Gasteiger charge is -2.29. The van der Waals surface area contributed by atoms with E-state index in [1.807, 2.05) is 11.3 Å². The van der Waals surface area contributed by atoms with Crippen molar-refractivity contribution in [3.8, 4) is 33.4 Å². The Labute approximate surface area is 307 Å². The number of rotatable bonds is 6. The highest BCUT2D eigenvalue weighted by Gasteiger charge is 2.20. The van der Waals surface area contributed by atoms with E-state index in [1.54, 1.807) is 0 Å². The van der Waals surface area contributed by atoms with Crippen LogP contribution in [0.4, 0.5) is 17.1 Å². The standard InChI is InChI=1S/C50H33NS/c1-3-19-40-34(13-1)15-10-23-41(40)37-17-9-18-38(33-37)43-21-5-7-26-47(43)51(48-27-11-16-35-14-2-4-20-42(35)48)39-31-29-36(30-32-39)44-24-12-25-46-45-22-6-8-28-49(45)52-50(44)46/h1-33H. The number of fused-ring (bicyclic) bond motifs is 5. The average Bonchev–Trinajstić information content (AvgIpc) is 3.60.